The molecule has 2 atom stereocenters. The molecule has 3 rings (SSSR count). The van der Waals surface area contributed by atoms with Crippen LogP contribution in [-0.4, -0.2) is 152 Å². The molecule has 0 radical (unpaired) electrons. The van der Waals surface area contributed by atoms with Crippen molar-refractivity contribution in [3.05, 3.63) is 130 Å². The summed E-state index contributed by atoms with van der Waals surface area (Å²) < 4.78 is 0. The van der Waals surface area contributed by atoms with Gasteiger partial charge in [0.1, 0.15) is 6.42 Å². The maximum Gasteiger partial charge on any atom is 2.00 e. The van der Waals surface area contributed by atoms with Gasteiger partial charge >= 0.3 is 289 Å². The van der Waals surface area contributed by atoms with Gasteiger partial charge in [0, 0.05) is 0 Å². The molecular weight excluding hydrogens is 2880 g/mol. The van der Waals surface area contributed by atoms with Crippen molar-refractivity contribution in [2.24, 2.45) is 11.1 Å². The second-order valence-corrected chi connectivity index (χ2v) is 42.7. The van der Waals surface area contributed by atoms with Crippen LogP contribution in [0.15, 0.2) is 18.2 Å². The molecule has 2 aliphatic carbocycles. The van der Waals surface area contributed by atoms with Crippen molar-refractivity contribution >= 4 is 145 Å². The molecule has 0 saturated heterocycles. The van der Waals surface area contributed by atoms with E-state index in [0.717, 1.165) is 31.0 Å². The maximum absolute atomic E-state index is 10.6. The zero-order valence-electron chi connectivity index (χ0n) is 46.3. The minimum Gasteiger partial charge on any atom is -0.693 e. The van der Waals surface area contributed by atoms with Gasteiger partial charge in [-0.05, 0) is 44.0 Å². The first kappa shape index (κ1) is 160. The molecule has 2 fully saturated rings. The van der Waals surface area contributed by atoms with Gasteiger partial charge in [-0.25, -0.2) is 14.4 Å². The number of nitrogens with two attached hydrogens (primary N) is 9. The van der Waals surface area contributed by atoms with E-state index in [4.69, 9.17) is 176 Å². The summed E-state index contributed by atoms with van der Waals surface area (Å²) in [7, 11) is 53.9. The second kappa shape index (κ2) is 118. The Morgan fingerprint density at radius 1 is 0.580 bits per heavy atom. The summed E-state index contributed by atoms with van der Waals surface area (Å²) in [4.78, 5) is 71.3. The molecule has 1 aromatic carbocycles. The van der Waals surface area contributed by atoms with Crippen LogP contribution < -0.4 is 5.73 Å². The van der Waals surface area contributed by atoms with Gasteiger partial charge in [-0.3, -0.25) is 19.2 Å². The predicted molar refractivity (Wildman–Crippen MR) is 336 cm³/mol. The third-order valence-corrected chi connectivity index (χ3v) is 6.50. The fourth-order valence-electron chi connectivity index (χ4n) is 3.63. The van der Waals surface area contributed by atoms with Crippen LogP contribution >= 0.6 is 104 Å². The molecule has 0 spiro atoms. The zero-order valence-corrected chi connectivity index (χ0v) is 72.8. The summed E-state index contributed by atoms with van der Waals surface area (Å²) in [6, 6.07) is 2.81. The first-order valence-corrected chi connectivity index (χ1v) is 50.4. The Morgan fingerprint density at radius 2 is 0.841 bits per heavy atom. The average molecular weight is 2960 g/mol. The van der Waals surface area contributed by atoms with Crippen LogP contribution in [0.2, 0.25) is 0 Å². The fraction of sp³-hybridized carbons (Fsp3) is 0.639. The van der Waals surface area contributed by atoms with Crippen LogP contribution in [0.4, 0.5) is 0 Å². The van der Waals surface area contributed by atoms with Crippen molar-refractivity contribution < 1.29 is 224 Å². The van der Waals surface area contributed by atoms with Crippen LogP contribution in [0.5, 0.6) is 0 Å². The van der Waals surface area contributed by atoms with Gasteiger partial charge in [0.05, 0.1) is 16.7 Å². The van der Waals surface area contributed by atoms with Crippen molar-refractivity contribution in [2.75, 3.05) is 39.3 Å². The van der Waals surface area contributed by atoms with Crippen molar-refractivity contribution in [3.63, 3.8) is 0 Å². The van der Waals surface area contributed by atoms with E-state index in [9.17, 15) is 33.6 Å². The van der Waals surface area contributed by atoms with E-state index in [1.54, 1.807) is 18.8 Å². The Bertz CT molecular complexity index is 1530. The Kier molecular flexibility index (Phi) is 213. The maximum atomic E-state index is 10.6. The first-order valence-electron chi connectivity index (χ1n) is 19.4. The Hall–Kier alpha value is 3.45. The Balaban J connectivity index is -0.0000000254. The van der Waals surface area contributed by atoms with Crippen LogP contribution in [0.1, 0.15) is 110 Å². The number of carbonyl (C=O) groups is 7. The van der Waals surface area contributed by atoms with Crippen molar-refractivity contribution in [1.29, 1.82) is 0 Å². The van der Waals surface area contributed by atoms with Crippen LogP contribution in [0.25, 0.3) is 94.7 Å². The molecule has 567 valence electrons. The van der Waals surface area contributed by atoms with Gasteiger partial charge in [-0.2, -0.15) is 38.3 Å². The van der Waals surface area contributed by atoms with E-state index in [2.05, 4.69) is 14.7 Å². The number of carboxylic acids is 7. The number of halogens is 11. The summed E-state index contributed by atoms with van der Waals surface area (Å²) in [6.07, 6.45) is 4.70. The van der Waals surface area contributed by atoms with Gasteiger partial charge in [-0.15, -0.1) is 18.6 Å². The summed E-state index contributed by atoms with van der Waals surface area (Å²) in [6.45, 7) is 10.1. The van der Waals surface area contributed by atoms with E-state index in [0.29, 0.717) is 32.6 Å². The molecule has 36 N–H and O–H groups in total. The number of benzene rings is 1. The first-order chi connectivity index (χ1) is 34.5. The largest absolute Gasteiger partial charge is 2.00 e. The van der Waals surface area contributed by atoms with Crippen molar-refractivity contribution in [2.45, 2.75) is 103 Å². The molecule has 0 amide bonds. The van der Waals surface area contributed by atoms with Gasteiger partial charge in [0.2, 0.25) is 0 Å². The van der Waals surface area contributed by atoms with Gasteiger partial charge in [0.15, 0.2) is 5.41 Å². The minimum absolute atomic E-state index is 0. The molecule has 33 nitrogen and oxygen atoms in total. The van der Waals surface area contributed by atoms with E-state index in [1.165, 1.54) is 12.8 Å². The number of aromatic carboxylic acids is 3. The molecule has 0 bridgehead atoms. The van der Waals surface area contributed by atoms with E-state index >= 15 is 0 Å². The number of hydrogen-bond acceptors (Lipinski definition) is 8. The number of nitrogens with zero attached hydrogens (tertiary/aromatic N) is 1. The average Bonchev–Trinajstić information content (AvgIpc) is 3.25. The summed E-state index contributed by atoms with van der Waals surface area (Å²) in [5.74, 6) is -9.23. The van der Waals surface area contributed by atoms with Crippen LogP contribution in [0.3, 0.4) is 0 Å². The topological polar surface area (TPSA) is 799 Å². The SMILES string of the molecule is CC(C)[NH-].CC(C)[NH-].O.O.O=C(O)C1(C(=O)O)CCC1.O=C(O)CC(=O)O.O=C(O)c1ccc(C(=O)O)c(C(=O)O)c1.[Cl][Pt+2]([Cl])([Cl])[Cl].[Cl][Pt+2][Cl].[Cl][Pt+2][Cl].[Cl][Pt+2][Cl].[Cl][Pt].[NH-]C1CCCCC1[NH-].[NH-]CC[N-]CCN.[NH-]CC[NH-].[NH2-].[NH2-].[NH2-].[NH2-].[NH2-].[NH2-].[NH2-].[NH2-].[Pt+2].[Pt+2].[Pt+2]. The normalized spacial score (nSPS) is 11.9. The van der Waals surface area contributed by atoms with Crippen LogP contribution in [0, 0.1) is 5.41 Å². The Morgan fingerprint density at radius 3 is 0.966 bits per heavy atom. The molecule has 0 heterocycles. The van der Waals surface area contributed by atoms with E-state index in [1.807, 2.05) is 27.7 Å². The number of nitrogens with one attached hydrogen (secondary N) is 7. The number of hydrogen-bond donors (Lipinski definition) is 8. The molecule has 2 saturated carbocycles. The van der Waals surface area contributed by atoms with Gasteiger partial charge in [-0.1, -0.05) is 53.4 Å². The van der Waals surface area contributed by atoms with Crippen LogP contribution in [-0.2, 0) is 162 Å². The molecule has 52 heteroatoms. The summed E-state index contributed by atoms with van der Waals surface area (Å²) >= 11 is -2.86. The summed E-state index contributed by atoms with van der Waals surface area (Å²) in [5.41, 5.74) is 49.3. The molecule has 0 aliphatic heterocycles. The predicted octanol–water partition coefficient (Wildman–Crippen LogP) is 19.1. The number of rotatable bonds is 12. The zero-order chi connectivity index (χ0) is 61.9. The summed E-state index contributed by atoms with van der Waals surface area (Å²) in [5, 5.41) is 62.1. The van der Waals surface area contributed by atoms with E-state index in [-0.39, 0.29) is 179 Å². The third kappa shape index (κ3) is 149. The minimum atomic E-state index is -3.06. The molecular formula is C36H83Cl11N17O16Pt8-2. The van der Waals surface area contributed by atoms with Crippen molar-refractivity contribution in [3.8, 4) is 0 Å². The standard InChI is InChI=1S/C9H6O6.C6H12N2.C6H8O4.C4H11N3.2C3H8N.C3H4O4.C2H6N2.11ClH.8H2N.2H2O.8Pt/c10-7(11)4-1-2-5(8(12)13)6(3-4)9(14)15;7-5-3-1-2-4-6(5)8;7-4(8)6(5(9)10)2-1-3-6;5-1-3-7-4-2-6;2*1-3(2)4;4-2(5)1-3(6)7;3-1-2-4;;;;;;;;;;;;;;;;;;;;;;;;;;;;;/h1-3H,(H,10,11)(H,12,13)(H,14,15);5-8H,1-4H2;1-3H2,(H,7,8)(H,9,10);5H,1-4,6H2;2*3-4H,1-2H3;1H2,(H,4,5)(H,6,7);3-4H,1-2H2;11*1H;10*1H2;;;;;;;;/q;-2;;-2;2*-1;;-2;;;;;;;;;;;;8*-1;;;+1;3*+2;3*+4;+6/p-11. The molecule has 1 aromatic rings. The second-order valence-electron chi connectivity index (χ2n) is 13.1. The molecule has 2 unspecified atom stereocenters. The van der Waals surface area contributed by atoms with Crippen molar-refractivity contribution in [1.82, 2.24) is 0 Å². The number of aliphatic carboxylic acids is 4. The van der Waals surface area contributed by atoms with Gasteiger partial charge in [0.25, 0.3) is 0 Å². The fourth-order valence-corrected chi connectivity index (χ4v) is 3.63. The Labute approximate surface area is 643 Å². The quantitative estimate of drug-likeness (QED) is 0.0712. The molecule has 88 heavy (non-hydrogen) atoms. The van der Waals surface area contributed by atoms with E-state index < -0.39 is 126 Å². The smallest absolute Gasteiger partial charge is 0.693 e. The monoisotopic (exact) mass is 2950 g/mol. The molecule has 2 aliphatic rings. The van der Waals surface area contributed by atoms with Gasteiger partial charge < -0.3 is 147 Å². The third-order valence-electron chi connectivity index (χ3n) is 6.50. The number of carboxylic acid groups (broad SMARTS) is 7. The molecule has 0 aromatic heterocycles.